The Kier molecular flexibility index (Phi) is 4.17. The molecule has 18 heavy (non-hydrogen) atoms. The Morgan fingerprint density at radius 1 is 1.50 bits per heavy atom. The van der Waals surface area contributed by atoms with Crippen LogP contribution in [0.15, 0.2) is 34.4 Å². The van der Waals surface area contributed by atoms with E-state index < -0.39 is 0 Å². The van der Waals surface area contributed by atoms with Gasteiger partial charge in [0.1, 0.15) is 5.82 Å². The van der Waals surface area contributed by atoms with Crippen molar-refractivity contribution in [3.8, 4) is 0 Å². The molecule has 1 saturated carbocycles. The van der Waals surface area contributed by atoms with Crippen molar-refractivity contribution in [2.45, 2.75) is 26.2 Å². The fraction of sp³-hybridized carbons (Fsp3) is 0.357. The predicted molar refractivity (Wildman–Crippen MR) is 73.8 cm³/mol. The molecule has 0 bridgehead atoms. The Labute approximate surface area is 114 Å². The number of halogens is 2. The molecule has 0 spiro atoms. The summed E-state index contributed by atoms with van der Waals surface area (Å²) in [4.78, 5) is 11.9. The highest BCUT2D eigenvalue weighted by atomic mass is 79.9. The molecule has 1 aromatic carbocycles. The van der Waals surface area contributed by atoms with Gasteiger partial charge in [-0.2, -0.15) is 0 Å². The summed E-state index contributed by atoms with van der Waals surface area (Å²) in [6, 6.07) is 4.80. The van der Waals surface area contributed by atoms with E-state index in [2.05, 4.69) is 21.2 Å². The van der Waals surface area contributed by atoms with Gasteiger partial charge in [0.05, 0.1) is 5.69 Å². The zero-order valence-corrected chi connectivity index (χ0v) is 11.8. The van der Waals surface area contributed by atoms with Crippen LogP contribution < -0.4 is 5.32 Å². The van der Waals surface area contributed by atoms with E-state index >= 15 is 0 Å². The molecular weight excluding hydrogens is 297 g/mol. The van der Waals surface area contributed by atoms with Gasteiger partial charge < -0.3 is 5.32 Å². The van der Waals surface area contributed by atoms with E-state index in [4.69, 9.17) is 0 Å². The van der Waals surface area contributed by atoms with Gasteiger partial charge in [-0.05, 0) is 37.5 Å². The predicted octanol–water partition coefficient (Wildman–Crippen LogP) is 4.27. The first-order valence-electron chi connectivity index (χ1n) is 6.03. The van der Waals surface area contributed by atoms with Gasteiger partial charge in [-0.15, -0.1) is 0 Å². The molecule has 1 N–H and O–H groups in total. The third-order valence-corrected chi connectivity index (χ3v) is 3.67. The molecule has 2 rings (SSSR count). The minimum Gasteiger partial charge on any atom is -0.359 e. The summed E-state index contributed by atoms with van der Waals surface area (Å²) in [5, 5.41) is 2.88. The van der Waals surface area contributed by atoms with Crippen molar-refractivity contribution < 1.29 is 9.18 Å². The van der Waals surface area contributed by atoms with Crippen LogP contribution in [0.1, 0.15) is 26.2 Å². The Morgan fingerprint density at radius 3 is 3.00 bits per heavy atom. The number of hydrogen-bond donors (Lipinski definition) is 1. The van der Waals surface area contributed by atoms with Gasteiger partial charge in [-0.3, -0.25) is 4.79 Å². The second-order valence-electron chi connectivity index (χ2n) is 4.60. The van der Waals surface area contributed by atoms with Crippen molar-refractivity contribution in [1.29, 1.82) is 0 Å². The molecule has 4 heteroatoms. The van der Waals surface area contributed by atoms with Crippen LogP contribution in [-0.2, 0) is 4.79 Å². The first-order valence-corrected chi connectivity index (χ1v) is 6.82. The van der Waals surface area contributed by atoms with Crippen LogP contribution in [0, 0.1) is 11.7 Å². The maximum atomic E-state index is 13.6. The number of anilines is 1. The number of Topliss-reactive ketones (excluding diaryl/α,β-unsaturated/α-hetero) is 1. The smallest absolute Gasteiger partial charge is 0.163 e. The van der Waals surface area contributed by atoms with Gasteiger partial charge in [0.2, 0.25) is 0 Å². The van der Waals surface area contributed by atoms with Gasteiger partial charge in [-0.1, -0.05) is 22.9 Å². The fourth-order valence-corrected chi connectivity index (χ4v) is 2.42. The van der Waals surface area contributed by atoms with Gasteiger partial charge in [0, 0.05) is 22.2 Å². The van der Waals surface area contributed by atoms with E-state index in [1.54, 1.807) is 18.3 Å². The van der Waals surface area contributed by atoms with Gasteiger partial charge in [0.25, 0.3) is 0 Å². The van der Waals surface area contributed by atoms with Crippen molar-refractivity contribution in [3.63, 3.8) is 0 Å². The molecule has 1 unspecified atom stereocenters. The fourth-order valence-electron chi connectivity index (χ4n) is 2.08. The maximum absolute atomic E-state index is 13.6. The number of carbonyl (C=O) groups is 1. The quantitative estimate of drug-likeness (QED) is 0.826. The molecule has 1 aliphatic carbocycles. The standard InChI is InChI=1S/C14H15BrFNO/c1-9-3-2-4-10(14(9)18)8-17-13-6-5-11(15)7-12(13)16/h5-9,17H,2-4H2,1H3/b10-8+. The Hall–Kier alpha value is -1.16. The second kappa shape index (κ2) is 5.65. The number of benzene rings is 1. The third-order valence-electron chi connectivity index (χ3n) is 3.18. The Bertz CT molecular complexity index is 499. The van der Waals surface area contributed by atoms with Gasteiger partial charge in [0.15, 0.2) is 5.78 Å². The van der Waals surface area contributed by atoms with E-state index in [-0.39, 0.29) is 17.5 Å². The molecule has 0 saturated heterocycles. The minimum absolute atomic E-state index is 0.0848. The highest BCUT2D eigenvalue weighted by Crippen LogP contribution is 2.25. The summed E-state index contributed by atoms with van der Waals surface area (Å²) in [5.41, 5.74) is 1.15. The maximum Gasteiger partial charge on any atom is 0.163 e. The minimum atomic E-state index is -0.336. The number of hydrogen-bond acceptors (Lipinski definition) is 2. The lowest BCUT2D eigenvalue weighted by molar-refractivity contribution is -0.119. The van der Waals surface area contributed by atoms with Crippen LogP contribution in [0.5, 0.6) is 0 Å². The zero-order chi connectivity index (χ0) is 13.1. The molecule has 0 amide bonds. The van der Waals surface area contributed by atoms with Gasteiger partial charge >= 0.3 is 0 Å². The normalized spacial score (nSPS) is 22.3. The van der Waals surface area contributed by atoms with Crippen LogP contribution in [0.2, 0.25) is 0 Å². The van der Waals surface area contributed by atoms with Crippen LogP contribution >= 0.6 is 15.9 Å². The lowest BCUT2D eigenvalue weighted by Crippen LogP contribution is -2.19. The topological polar surface area (TPSA) is 29.1 Å². The molecule has 1 atom stereocenters. The highest BCUT2D eigenvalue weighted by molar-refractivity contribution is 9.10. The average Bonchev–Trinajstić information content (AvgIpc) is 2.33. The van der Waals surface area contributed by atoms with E-state index in [9.17, 15) is 9.18 Å². The summed E-state index contributed by atoms with van der Waals surface area (Å²) in [6.07, 6.45) is 4.38. The SMILES string of the molecule is CC1CCC/C(=C\Nc2ccc(Br)cc2F)C1=O. The largest absolute Gasteiger partial charge is 0.359 e. The first kappa shape index (κ1) is 13.3. The van der Waals surface area contributed by atoms with E-state index in [1.807, 2.05) is 6.92 Å². The molecule has 1 aromatic rings. The summed E-state index contributed by atoms with van der Waals surface area (Å²) in [5.74, 6) is -0.0784. The zero-order valence-electron chi connectivity index (χ0n) is 10.2. The summed E-state index contributed by atoms with van der Waals surface area (Å²) >= 11 is 3.20. The molecule has 0 heterocycles. The first-order chi connectivity index (χ1) is 8.58. The number of nitrogens with one attached hydrogen (secondary N) is 1. The molecule has 0 aromatic heterocycles. The molecular formula is C14H15BrFNO. The second-order valence-corrected chi connectivity index (χ2v) is 5.51. The van der Waals surface area contributed by atoms with E-state index in [0.29, 0.717) is 10.2 Å². The van der Waals surface area contributed by atoms with Crippen LogP contribution in [0.3, 0.4) is 0 Å². The molecule has 1 aliphatic rings. The molecule has 2 nitrogen and oxygen atoms in total. The number of allylic oxidation sites excluding steroid dienone is 1. The molecule has 0 aliphatic heterocycles. The van der Waals surface area contributed by atoms with Crippen molar-refractivity contribution in [1.82, 2.24) is 0 Å². The van der Waals surface area contributed by atoms with E-state index in [0.717, 1.165) is 24.8 Å². The number of ketones is 1. The summed E-state index contributed by atoms with van der Waals surface area (Å²) < 4.78 is 14.3. The lowest BCUT2D eigenvalue weighted by Gasteiger charge is -2.19. The monoisotopic (exact) mass is 311 g/mol. The molecule has 0 radical (unpaired) electrons. The van der Waals surface area contributed by atoms with Crippen molar-refractivity contribution in [2.24, 2.45) is 5.92 Å². The summed E-state index contributed by atoms with van der Waals surface area (Å²) in [6.45, 7) is 1.94. The highest BCUT2D eigenvalue weighted by Gasteiger charge is 2.22. The Balaban J connectivity index is 2.12. The third kappa shape index (κ3) is 2.99. The van der Waals surface area contributed by atoms with Crippen molar-refractivity contribution in [2.75, 3.05) is 5.32 Å². The van der Waals surface area contributed by atoms with Crippen LogP contribution in [0.4, 0.5) is 10.1 Å². The van der Waals surface area contributed by atoms with Crippen molar-refractivity contribution >= 4 is 27.4 Å². The Morgan fingerprint density at radius 2 is 2.28 bits per heavy atom. The van der Waals surface area contributed by atoms with Crippen LogP contribution in [0.25, 0.3) is 0 Å². The average molecular weight is 312 g/mol. The van der Waals surface area contributed by atoms with Crippen LogP contribution in [-0.4, -0.2) is 5.78 Å². The number of rotatable bonds is 2. The summed E-state index contributed by atoms with van der Waals surface area (Å²) in [7, 11) is 0. The van der Waals surface area contributed by atoms with Crippen molar-refractivity contribution in [3.05, 3.63) is 40.3 Å². The molecule has 96 valence electrons. The number of carbonyl (C=O) groups excluding carboxylic acids is 1. The van der Waals surface area contributed by atoms with E-state index in [1.165, 1.54) is 6.07 Å². The molecule has 1 fully saturated rings. The lowest BCUT2D eigenvalue weighted by atomic mass is 9.86. The van der Waals surface area contributed by atoms with Gasteiger partial charge in [-0.25, -0.2) is 4.39 Å².